The Morgan fingerprint density at radius 3 is 2.77 bits per heavy atom. The fourth-order valence-corrected chi connectivity index (χ4v) is 5.93. The lowest BCUT2D eigenvalue weighted by molar-refractivity contribution is 0.340. The molecule has 4 aromatic rings. The van der Waals surface area contributed by atoms with Gasteiger partial charge in [-0.15, -0.1) is 11.3 Å². The summed E-state index contributed by atoms with van der Waals surface area (Å²) in [7, 11) is 0. The van der Waals surface area contributed by atoms with Gasteiger partial charge in [-0.1, -0.05) is 0 Å². The molecule has 1 aromatic carbocycles. The van der Waals surface area contributed by atoms with Crippen LogP contribution in [0.5, 0.6) is 5.75 Å². The van der Waals surface area contributed by atoms with Crippen molar-refractivity contribution in [1.82, 2.24) is 14.5 Å². The molecule has 6 nitrogen and oxygen atoms in total. The highest BCUT2D eigenvalue weighted by atomic mass is 32.2. The van der Waals surface area contributed by atoms with Gasteiger partial charge in [0.05, 0.1) is 23.2 Å². The van der Waals surface area contributed by atoms with E-state index in [1.165, 1.54) is 22.8 Å². The Morgan fingerprint density at radius 2 is 2.06 bits per heavy atom. The van der Waals surface area contributed by atoms with Gasteiger partial charge in [0.25, 0.3) is 5.56 Å². The van der Waals surface area contributed by atoms with Crippen molar-refractivity contribution in [1.29, 1.82) is 5.26 Å². The first-order valence-corrected chi connectivity index (χ1v) is 11.7. The molecular weight excluding hydrogens is 428 g/mol. The average molecular weight is 447 g/mol. The van der Waals surface area contributed by atoms with Crippen molar-refractivity contribution >= 4 is 33.3 Å². The van der Waals surface area contributed by atoms with E-state index in [9.17, 15) is 4.79 Å². The molecule has 154 valence electrons. The molecule has 0 radical (unpaired) electrons. The summed E-state index contributed by atoms with van der Waals surface area (Å²) in [5, 5.41) is 11.0. The molecule has 3 aromatic heterocycles. The minimum absolute atomic E-state index is 0.0512. The van der Waals surface area contributed by atoms with E-state index in [0.717, 1.165) is 46.5 Å². The highest BCUT2D eigenvalue weighted by Crippen LogP contribution is 2.37. The number of aryl methyl sites for hydroxylation is 2. The minimum atomic E-state index is -0.0512. The van der Waals surface area contributed by atoms with Crippen LogP contribution < -0.4 is 10.3 Å². The molecule has 0 atom stereocenters. The molecule has 31 heavy (non-hydrogen) atoms. The predicted molar refractivity (Wildman–Crippen MR) is 121 cm³/mol. The number of hydrogen-bond donors (Lipinski definition) is 0. The summed E-state index contributed by atoms with van der Waals surface area (Å²) < 4.78 is 7.21. The van der Waals surface area contributed by atoms with E-state index in [-0.39, 0.29) is 5.56 Å². The first kappa shape index (κ1) is 19.8. The Labute approximate surface area is 187 Å². The molecule has 0 amide bonds. The van der Waals surface area contributed by atoms with E-state index < -0.39 is 0 Å². The number of thiophene rings is 1. The molecule has 0 saturated heterocycles. The number of nitrogens with zero attached hydrogens (tertiary/aromatic N) is 4. The van der Waals surface area contributed by atoms with E-state index in [2.05, 4.69) is 11.1 Å². The average Bonchev–Trinajstić information content (AvgIpc) is 3.36. The van der Waals surface area contributed by atoms with Crippen LogP contribution in [0.1, 0.15) is 29.3 Å². The fraction of sp³-hybridized carbons (Fsp3) is 0.217. The molecule has 0 N–H and O–H groups in total. The first-order chi connectivity index (χ1) is 15.2. The van der Waals surface area contributed by atoms with Crippen molar-refractivity contribution in [2.24, 2.45) is 0 Å². The molecule has 1 aliphatic carbocycles. The van der Waals surface area contributed by atoms with Crippen LogP contribution in [0.4, 0.5) is 0 Å². The van der Waals surface area contributed by atoms with E-state index in [0.29, 0.717) is 22.4 Å². The fourth-order valence-electron chi connectivity index (χ4n) is 3.78. The number of rotatable bonds is 5. The second-order valence-corrected chi connectivity index (χ2v) is 9.17. The van der Waals surface area contributed by atoms with E-state index >= 15 is 0 Å². The van der Waals surface area contributed by atoms with Gasteiger partial charge < -0.3 is 4.74 Å². The van der Waals surface area contributed by atoms with Gasteiger partial charge in [-0.25, -0.2) is 9.97 Å². The number of ether oxygens (including phenoxy) is 1. The van der Waals surface area contributed by atoms with E-state index in [1.807, 2.05) is 31.2 Å². The molecule has 0 unspecified atom stereocenters. The van der Waals surface area contributed by atoms with Gasteiger partial charge in [0.1, 0.15) is 21.7 Å². The molecule has 0 spiro atoms. The van der Waals surface area contributed by atoms with Crippen LogP contribution in [0, 0.1) is 11.3 Å². The molecular formula is C23H18N4O2S2. The second kappa shape index (κ2) is 8.17. The van der Waals surface area contributed by atoms with Crippen LogP contribution in [0.15, 0.2) is 57.6 Å². The third kappa shape index (κ3) is 3.60. The highest BCUT2D eigenvalue weighted by molar-refractivity contribution is 7.99. The number of nitriles is 1. The molecule has 1 aliphatic rings. The van der Waals surface area contributed by atoms with Crippen molar-refractivity contribution < 1.29 is 4.74 Å². The monoisotopic (exact) mass is 446 g/mol. The molecule has 0 bridgehead atoms. The van der Waals surface area contributed by atoms with Gasteiger partial charge in [0, 0.05) is 11.1 Å². The summed E-state index contributed by atoms with van der Waals surface area (Å²) in [6.45, 7) is 2.52. The number of benzene rings is 1. The lowest BCUT2D eigenvalue weighted by Crippen LogP contribution is -2.21. The minimum Gasteiger partial charge on any atom is -0.494 e. The molecule has 8 heteroatoms. The highest BCUT2D eigenvalue weighted by Gasteiger charge is 2.24. The third-order valence-corrected chi connectivity index (χ3v) is 7.27. The van der Waals surface area contributed by atoms with Crippen LogP contribution >= 0.6 is 23.1 Å². The van der Waals surface area contributed by atoms with Crippen molar-refractivity contribution in [2.45, 2.75) is 36.4 Å². The van der Waals surface area contributed by atoms with Crippen molar-refractivity contribution in [2.75, 3.05) is 6.61 Å². The number of hydrogen-bond acceptors (Lipinski definition) is 7. The van der Waals surface area contributed by atoms with Gasteiger partial charge in [-0.3, -0.25) is 9.36 Å². The summed E-state index contributed by atoms with van der Waals surface area (Å²) in [5.74, 6) is 0.757. The molecule has 3 heterocycles. The second-order valence-electron chi connectivity index (χ2n) is 7.10. The Morgan fingerprint density at radius 1 is 1.23 bits per heavy atom. The largest absolute Gasteiger partial charge is 0.494 e. The molecule has 0 saturated carbocycles. The summed E-state index contributed by atoms with van der Waals surface area (Å²) in [6, 6.07) is 13.0. The topological polar surface area (TPSA) is 80.8 Å². The van der Waals surface area contributed by atoms with Crippen molar-refractivity contribution in [3.8, 4) is 17.5 Å². The molecule has 0 fully saturated rings. The van der Waals surface area contributed by atoms with Gasteiger partial charge in [-0.05, 0) is 79.9 Å². The Balaban J connectivity index is 1.68. The zero-order valence-corrected chi connectivity index (χ0v) is 18.4. The summed E-state index contributed by atoms with van der Waals surface area (Å²) >= 11 is 2.94. The summed E-state index contributed by atoms with van der Waals surface area (Å²) in [5.41, 5.74) is 2.33. The zero-order chi connectivity index (χ0) is 21.4. The van der Waals surface area contributed by atoms with Crippen LogP contribution in [0.2, 0.25) is 0 Å². The van der Waals surface area contributed by atoms with Gasteiger partial charge in [-0.2, -0.15) is 5.26 Å². The van der Waals surface area contributed by atoms with Gasteiger partial charge in [0.2, 0.25) is 0 Å². The van der Waals surface area contributed by atoms with Crippen LogP contribution in [-0.2, 0) is 12.8 Å². The van der Waals surface area contributed by atoms with Crippen molar-refractivity contribution in [3.63, 3.8) is 0 Å². The quantitative estimate of drug-likeness (QED) is 0.412. The maximum absolute atomic E-state index is 13.7. The Kier molecular flexibility index (Phi) is 5.22. The standard InChI is InChI=1S/C23H18N4O2S2/c1-2-29-16-9-7-15(8-10-16)27-22(28)20-17-4-3-5-18(17)30-21(20)26-23(27)31-19-11-6-14(12-24)13-25-19/h6-11,13H,2-5H2,1H3. The number of aromatic nitrogens is 3. The number of pyridine rings is 1. The van der Waals surface area contributed by atoms with Crippen molar-refractivity contribution in [3.05, 3.63) is 69.0 Å². The number of fused-ring (bicyclic) bond motifs is 3. The smallest absolute Gasteiger partial charge is 0.267 e. The maximum Gasteiger partial charge on any atom is 0.267 e. The van der Waals surface area contributed by atoms with Gasteiger partial charge in [0.15, 0.2) is 5.16 Å². The van der Waals surface area contributed by atoms with E-state index in [4.69, 9.17) is 15.0 Å². The van der Waals surface area contributed by atoms with Crippen LogP contribution in [0.25, 0.3) is 15.9 Å². The summed E-state index contributed by atoms with van der Waals surface area (Å²) in [4.78, 5) is 25.0. The first-order valence-electron chi connectivity index (χ1n) is 10.0. The zero-order valence-electron chi connectivity index (χ0n) is 16.8. The SMILES string of the molecule is CCOc1ccc(-n2c(Sc3ccc(C#N)cn3)nc3sc4c(c3c2=O)CCC4)cc1. The maximum atomic E-state index is 13.7. The van der Waals surface area contributed by atoms with E-state index in [1.54, 1.807) is 28.0 Å². The predicted octanol–water partition coefficient (Wildman–Crippen LogP) is 4.75. The lowest BCUT2D eigenvalue weighted by atomic mass is 10.2. The third-order valence-electron chi connectivity index (χ3n) is 5.18. The molecule has 5 rings (SSSR count). The Bertz CT molecular complexity index is 1370. The van der Waals surface area contributed by atoms with Crippen LogP contribution in [0.3, 0.4) is 0 Å². The summed E-state index contributed by atoms with van der Waals surface area (Å²) in [6.07, 6.45) is 4.56. The Hall–Kier alpha value is -3.15. The van der Waals surface area contributed by atoms with Gasteiger partial charge >= 0.3 is 0 Å². The van der Waals surface area contributed by atoms with Crippen LogP contribution in [-0.4, -0.2) is 21.1 Å². The lowest BCUT2D eigenvalue weighted by Gasteiger charge is -2.13. The normalized spacial score (nSPS) is 12.6. The molecule has 0 aliphatic heterocycles.